The molecule has 1 aliphatic heterocycles. The topological polar surface area (TPSA) is 88.8 Å². The van der Waals surface area contributed by atoms with E-state index >= 15 is 0 Å². The van der Waals surface area contributed by atoms with Gasteiger partial charge in [-0.25, -0.2) is 4.79 Å². The molecule has 0 radical (unpaired) electrons. The van der Waals surface area contributed by atoms with Crippen LogP contribution >= 0.6 is 11.8 Å². The number of esters is 1. The van der Waals surface area contributed by atoms with Crippen LogP contribution in [0.15, 0.2) is 65.3 Å². The van der Waals surface area contributed by atoms with Crippen LogP contribution in [0.3, 0.4) is 0 Å². The summed E-state index contributed by atoms with van der Waals surface area (Å²) in [7, 11) is 1.31. The van der Waals surface area contributed by atoms with Crippen LogP contribution < -0.4 is 5.32 Å². The van der Waals surface area contributed by atoms with Gasteiger partial charge in [0.25, 0.3) is 5.91 Å². The van der Waals surface area contributed by atoms with Crippen LogP contribution in [0, 0.1) is 6.92 Å². The number of thioether (sulfide) groups is 1. The Bertz CT molecular complexity index is 1140. The Kier molecular flexibility index (Phi) is 6.32. The van der Waals surface area contributed by atoms with Gasteiger partial charge >= 0.3 is 5.97 Å². The van der Waals surface area contributed by atoms with Gasteiger partial charge in [-0.2, -0.15) is 0 Å². The maximum Gasteiger partial charge on any atom is 0.337 e. The summed E-state index contributed by atoms with van der Waals surface area (Å²) >= 11 is 1.55. The zero-order valence-corrected chi connectivity index (χ0v) is 18.5. The van der Waals surface area contributed by atoms with Gasteiger partial charge in [-0.1, -0.05) is 18.2 Å². The number of carbonyl (C=O) groups is 3. The number of hydrogen-bond acceptors (Lipinski definition) is 6. The maximum absolute atomic E-state index is 12.8. The lowest BCUT2D eigenvalue weighted by Gasteiger charge is -2.23. The largest absolute Gasteiger partial charge is 0.467 e. The number of nitrogens with zero attached hydrogens (tertiary/aromatic N) is 1. The molecule has 2 heterocycles. The molecule has 1 aliphatic rings. The third kappa shape index (κ3) is 4.55. The molecule has 1 atom stereocenters. The van der Waals surface area contributed by atoms with E-state index < -0.39 is 5.97 Å². The number of methoxy groups -OCH3 is 1. The van der Waals surface area contributed by atoms with Crippen molar-refractivity contribution in [2.24, 2.45) is 0 Å². The van der Waals surface area contributed by atoms with Crippen molar-refractivity contribution in [3.8, 4) is 0 Å². The number of anilines is 1. The van der Waals surface area contributed by atoms with Gasteiger partial charge in [-0.3, -0.25) is 9.59 Å². The summed E-state index contributed by atoms with van der Waals surface area (Å²) in [5, 5.41) is 2.72. The van der Waals surface area contributed by atoms with Crippen LogP contribution in [0.1, 0.15) is 43.0 Å². The van der Waals surface area contributed by atoms with Gasteiger partial charge in [-0.05, 0) is 54.4 Å². The predicted molar refractivity (Wildman–Crippen MR) is 121 cm³/mol. The van der Waals surface area contributed by atoms with Gasteiger partial charge in [0, 0.05) is 11.3 Å². The van der Waals surface area contributed by atoms with Crippen molar-refractivity contribution in [2.45, 2.75) is 18.8 Å². The molecule has 1 saturated heterocycles. The monoisotopic (exact) mass is 450 g/mol. The first kappa shape index (κ1) is 21.7. The zero-order valence-electron chi connectivity index (χ0n) is 17.7. The summed E-state index contributed by atoms with van der Waals surface area (Å²) in [4.78, 5) is 38.7. The van der Waals surface area contributed by atoms with E-state index in [4.69, 9.17) is 9.15 Å². The summed E-state index contributed by atoms with van der Waals surface area (Å²) in [6.45, 7) is 2.25. The van der Waals surface area contributed by atoms with Gasteiger partial charge in [0.1, 0.15) is 11.1 Å². The molecule has 8 heteroatoms. The predicted octanol–water partition coefficient (Wildman–Crippen LogP) is 4.40. The summed E-state index contributed by atoms with van der Waals surface area (Å²) in [5.74, 6) is 0.436. The molecule has 3 aromatic rings. The van der Waals surface area contributed by atoms with E-state index in [0.717, 1.165) is 16.9 Å². The van der Waals surface area contributed by atoms with Crippen molar-refractivity contribution in [3.05, 3.63) is 88.9 Å². The number of ether oxygens (including phenoxy) is 1. The normalized spacial score (nSPS) is 15.6. The molecule has 164 valence electrons. The fourth-order valence-corrected chi connectivity index (χ4v) is 4.65. The Labute approximate surface area is 189 Å². The lowest BCUT2D eigenvalue weighted by molar-refractivity contribution is -0.128. The molecular formula is C24H22N2O5S. The Balaban J connectivity index is 1.48. The minimum Gasteiger partial charge on any atom is -0.467 e. The Morgan fingerprint density at radius 1 is 1.16 bits per heavy atom. The van der Waals surface area contributed by atoms with E-state index in [1.807, 2.05) is 25.1 Å². The number of aryl methyl sites for hydroxylation is 1. The van der Waals surface area contributed by atoms with Gasteiger partial charge in [-0.15, -0.1) is 11.8 Å². The van der Waals surface area contributed by atoms with Crippen LogP contribution in [-0.2, 0) is 16.1 Å². The molecule has 1 fully saturated rings. The summed E-state index contributed by atoms with van der Waals surface area (Å²) in [6.07, 6.45) is 1.59. The van der Waals surface area contributed by atoms with Crippen LogP contribution in [0.2, 0.25) is 0 Å². The maximum atomic E-state index is 12.8. The standard InChI is InChI=1S/C24H22N2O5S/c1-15-5-6-18(24(29)30-2)12-20(15)25-22(28)16-7-9-17(10-8-16)23-26(21(27)14-32-23)13-19-4-3-11-31-19/h3-12,23H,13-14H2,1-2H3,(H,25,28). The number of benzene rings is 2. The number of carbonyl (C=O) groups excluding carboxylic acids is 3. The number of rotatable bonds is 6. The van der Waals surface area contributed by atoms with Crippen LogP contribution in [0.4, 0.5) is 5.69 Å². The van der Waals surface area contributed by atoms with Crippen LogP contribution in [0.5, 0.6) is 0 Å². The quantitative estimate of drug-likeness (QED) is 0.560. The Hall–Kier alpha value is -3.52. The summed E-state index contributed by atoms with van der Waals surface area (Å²) in [6, 6.07) is 15.8. The summed E-state index contributed by atoms with van der Waals surface area (Å²) < 4.78 is 10.1. The minimum atomic E-state index is -0.465. The van der Waals surface area contributed by atoms with Crippen molar-refractivity contribution < 1.29 is 23.5 Å². The van der Waals surface area contributed by atoms with E-state index in [2.05, 4.69) is 5.32 Å². The van der Waals surface area contributed by atoms with Gasteiger partial charge in [0.15, 0.2) is 0 Å². The van der Waals surface area contributed by atoms with Crippen molar-refractivity contribution in [1.29, 1.82) is 0 Å². The molecule has 0 bridgehead atoms. The highest BCUT2D eigenvalue weighted by molar-refractivity contribution is 8.00. The van der Waals surface area contributed by atoms with Crippen molar-refractivity contribution in [3.63, 3.8) is 0 Å². The third-order valence-corrected chi connectivity index (χ3v) is 6.50. The molecule has 0 spiro atoms. The molecule has 4 rings (SSSR count). The van der Waals surface area contributed by atoms with E-state index in [1.165, 1.54) is 7.11 Å². The van der Waals surface area contributed by atoms with E-state index in [0.29, 0.717) is 29.1 Å². The van der Waals surface area contributed by atoms with Gasteiger partial charge in [0.05, 0.1) is 31.2 Å². The van der Waals surface area contributed by atoms with Crippen molar-refractivity contribution in [2.75, 3.05) is 18.2 Å². The third-order valence-electron chi connectivity index (χ3n) is 5.24. The number of hydrogen-bond donors (Lipinski definition) is 1. The highest BCUT2D eigenvalue weighted by Crippen LogP contribution is 2.39. The first-order chi connectivity index (χ1) is 15.5. The summed E-state index contributed by atoms with van der Waals surface area (Å²) in [5.41, 5.74) is 3.15. The first-order valence-electron chi connectivity index (χ1n) is 10.00. The molecular weight excluding hydrogens is 428 g/mol. The SMILES string of the molecule is COC(=O)c1ccc(C)c(NC(=O)c2ccc(C3SCC(=O)N3Cc3ccco3)cc2)c1. The van der Waals surface area contributed by atoms with Crippen molar-refractivity contribution >= 4 is 35.2 Å². The molecule has 1 aromatic heterocycles. The second-order valence-electron chi connectivity index (χ2n) is 7.36. The molecule has 1 unspecified atom stereocenters. The number of nitrogens with one attached hydrogen (secondary N) is 1. The fraction of sp³-hybridized carbons (Fsp3) is 0.208. The Morgan fingerprint density at radius 3 is 2.59 bits per heavy atom. The zero-order chi connectivity index (χ0) is 22.7. The lowest BCUT2D eigenvalue weighted by atomic mass is 10.1. The minimum absolute atomic E-state index is 0.0548. The number of amides is 2. The molecule has 0 saturated carbocycles. The molecule has 1 N–H and O–H groups in total. The molecule has 2 amide bonds. The molecule has 2 aromatic carbocycles. The highest BCUT2D eigenvalue weighted by atomic mass is 32.2. The highest BCUT2D eigenvalue weighted by Gasteiger charge is 2.33. The van der Waals surface area contributed by atoms with E-state index in [1.54, 1.807) is 59.3 Å². The fourth-order valence-electron chi connectivity index (χ4n) is 3.47. The second kappa shape index (κ2) is 9.32. The average Bonchev–Trinajstić information content (AvgIpc) is 3.45. The first-order valence-corrected chi connectivity index (χ1v) is 11.0. The number of furan rings is 1. The van der Waals surface area contributed by atoms with Crippen LogP contribution in [-0.4, -0.2) is 35.5 Å². The Morgan fingerprint density at radius 2 is 1.91 bits per heavy atom. The van der Waals surface area contributed by atoms with Gasteiger partial charge < -0.3 is 19.4 Å². The van der Waals surface area contributed by atoms with Gasteiger partial charge in [0.2, 0.25) is 5.91 Å². The lowest BCUT2D eigenvalue weighted by Crippen LogP contribution is -2.27. The molecule has 0 aliphatic carbocycles. The van der Waals surface area contributed by atoms with E-state index in [-0.39, 0.29) is 17.2 Å². The molecule has 32 heavy (non-hydrogen) atoms. The molecule has 7 nitrogen and oxygen atoms in total. The second-order valence-corrected chi connectivity index (χ2v) is 8.43. The van der Waals surface area contributed by atoms with Crippen molar-refractivity contribution in [1.82, 2.24) is 4.90 Å². The van der Waals surface area contributed by atoms with Crippen LogP contribution in [0.25, 0.3) is 0 Å². The average molecular weight is 451 g/mol. The smallest absolute Gasteiger partial charge is 0.337 e. The van der Waals surface area contributed by atoms with E-state index in [9.17, 15) is 14.4 Å².